The molecule has 2 unspecified atom stereocenters. The van der Waals surface area contributed by atoms with Gasteiger partial charge in [-0.05, 0) is 55.9 Å². The molecule has 1 aromatic carbocycles. The molecule has 1 fully saturated rings. The molecule has 1 saturated carbocycles. The van der Waals surface area contributed by atoms with Crippen molar-refractivity contribution in [2.24, 2.45) is 11.7 Å². The van der Waals surface area contributed by atoms with Crippen LogP contribution in [0.5, 0.6) is 5.75 Å². The number of ether oxygens (including phenoxy) is 1. The first kappa shape index (κ1) is 13.8. The standard InChI is InChI=1S/C15H19FN2O/c1-11-9-13(16)4-5-14(11)19-8-6-12-3-2-7-15(12,18)10-17/h4-5,9,12H,2-3,6-8,18H2,1H3. The van der Waals surface area contributed by atoms with Gasteiger partial charge < -0.3 is 10.5 Å². The molecule has 3 nitrogen and oxygen atoms in total. The van der Waals surface area contributed by atoms with E-state index < -0.39 is 5.54 Å². The van der Waals surface area contributed by atoms with Gasteiger partial charge >= 0.3 is 0 Å². The van der Waals surface area contributed by atoms with Gasteiger partial charge in [0.1, 0.15) is 17.1 Å². The Bertz CT molecular complexity index is 497. The van der Waals surface area contributed by atoms with Crippen LogP contribution in [0.25, 0.3) is 0 Å². The first-order valence-corrected chi connectivity index (χ1v) is 6.64. The lowest BCUT2D eigenvalue weighted by molar-refractivity contribution is 0.253. The average molecular weight is 262 g/mol. The van der Waals surface area contributed by atoms with E-state index >= 15 is 0 Å². The first-order chi connectivity index (χ1) is 9.05. The van der Waals surface area contributed by atoms with E-state index in [2.05, 4.69) is 6.07 Å². The molecule has 4 heteroatoms. The molecule has 0 aliphatic heterocycles. The third-order valence-corrected chi connectivity index (χ3v) is 3.94. The third kappa shape index (κ3) is 3.05. The third-order valence-electron chi connectivity index (χ3n) is 3.94. The molecule has 1 aliphatic carbocycles. The van der Waals surface area contributed by atoms with E-state index in [4.69, 9.17) is 15.7 Å². The topological polar surface area (TPSA) is 59.0 Å². The van der Waals surface area contributed by atoms with Crippen molar-refractivity contribution in [2.75, 3.05) is 6.61 Å². The van der Waals surface area contributed by atoms with Gasteiger partial charge in [0.15, 0.2) is 0 Å². The molecule has 0 amide bonds. The Morgan fingerprint density at radius 3 is 3.05 bits per heavy atom. The lowest BCUT2D eigenvalue weighted by Gasteiger charge is -2.23. The van der Waals surface area contributed by atoms with Crippen LogP contribution in [0.1, 0.15) is 31.2 Å². The van der Waals surface area contributed by atoms with E-state index in [0.717, 1.165) is 31.2 Å². The van der Waals surface area contributed by atoms with Crippen LogP contribution < -0.4 is 10.5 Å². The number of benzene rings is 1. The zero-order valence-corrected chi connectivity index (χ0v) is 11.2. The van der Waals surface area contributed by atoms with E-state index in [1.807, 2.05) is 6.92 Å². The minimum Gasteiger partial charge on any atom is -0.493 e. The molecule has 1 aliphatic rings. The highest BCUT2D eigenvalue weighted by atomic mass is 19.1. The van der Waals surface area contributed by atoms with Gasteiger partial charge in [0.2, 0.25) is 0 Å². The van der Waals surface area contributed by atoms with Crippen LogP contribution in [0, 0.1) is 30.0 Å². The minimum atomic E-state index is -0.693. The maximum absolute atomic E-state index is 13.0. The van der Waals surface area contributed by atoms with Gasteiger partial charge in [0.05, 0.1) is 12.7 Å². The average Bonchev–Trinajstić information content (AvgIpc) is 2.74. The minimum absolute atomic E-state index is 0.193. The van der Waals surface area contributed by atoms with Crippen molar-refractivity contribution in [3.63, 3.8) is 0 Å². The van der Waals surface area contributed by atoms with Crippen LogP contribution in [-0.4, -0.2) is 12.1 Å². The molecule has 0 heterocycles. The quantitative estimate of drug-likeness (QED) is 0.907. The van der Waals surface area contributed by atoms with Gasteiger partial charge in [0.25, 0.3) is 0 Å². The normalized spacial score (nSPS) is 26.1. The van der Waals surface area contributed by atoms with Crippen LogP contribution >= 0.6 is 0 Å². The summed E-state index contributed by atoms with van der Waals surface area (Å²) in [6, 6.07) is 6.71. The molecule has 19 heavy (non-hydrogen) atoms. The lowest BCUT2D eigenvalue weighted by atomic mass is 9.87. The Balaban J connectivity index is 1.89. The highest BCUT2D eigenvalue weighted by Crippen LogP contribution is 2.35. The molecule has 1 aromatic rings. The maximum Gasteiger partial charge on any atom is 0.123 e. The number of nitriles is 1. The second-order valence-electron chi connectivity index (χ2n) is 5.29. The van der Waals surface area contributed by atoms with Gasteiger partial charge in [-0.3, -0.25) is 0 Å². The Kier molecular flexibility index (Phi) is 4.06. The summed E-state index contributed by atoms with van der Waals surface area (Å²) in [5.74, 6) is 0.628. The van der Waals surface area contributed by atoms with Crippen molar-refractivity contribution in [1.29, 1.82) is 5.26 Å². The number of halogens is 1. The van der Waals surface area contributed by atoms with Gasteiger partial charge in [0, 0.05) is 0 Å². The number of aryl methyl sites for hydroxylation is 1. The van der Waals surface area contributed by atoms with Crippen molar-refractivity contribution in [3.8, 4) is 11.8 Å². The van der Waals surface area contributed by atoms with Gasteiger partial charge in [-0.25, -0.2) is 4.39 Å². The molecule has 0 saturated heterocycles. The molecule has 102 valence electrons. The van der Waals surface area contributed by atoms with Crippen LogP contribution in [0.2, 0.25) is 0 Å². The van der Waals surface area contributed by atoms with E-state index in [0.29, 0.717) is 12.4 Å². The monoisotopic (exact) mass is 262 g/mol. The smallest absolute Gasteiger partial charge is 0.123 e. The summed E-state index contributed by atoms with van der Waals surface area (Å²) in [6.07, 6.45) is 3.52. The largest absolute Gasteiger partial charge is 0.493 e. The molecular weight excluding hydrogens is 243 g/mol. The number of rotatable bonds is 4. The van der Waals surface area contributed by atoms with Crippen molar-refractivity contribution >= 4 is 0 Å². The summed E-state index contributed by atoms with van der Waals surface area (Å²) in [4.78, 5) is 0. The second-order valence-corrected chi connectivity index (χ2v) is 5.29. The SMILES string of the molecule is Cc1cc(F)ccc1OCCC1CCCC1(N)C#N. The van der Waals surface area contributed by atoms with Gasteiger partial charge in [-0.15, -0.1) is 0 Å². The fraction of sp³-hybridized carbons (Fsp3) is 0.533. The summed E-state index contributed by atoms with van der Waals surface area (Å²) in [5, 5.41) is 9.13. The van der Waals surface area contributed by atoms with Crippen molar-refractivity contribution in [1.82, 2.24) is 0 Å². The van der Waals surface area contributed by atoms with Crippen LogP contribution in [0.3, 0.4) is 0 Å². The first-order valence-electron chi connectivity index (χ1n) is 6.64. The van der Waals surface area contributed by atoms with Crippen LogP contribution in [0.15, 0.2) is 18.2 Å². The maximum atomic E-state index is 13.0. The summed E-state index contributed by atoms with van der Waals surface area (Å²) in [5.41, 5.74) is 6.16. The van der Waals surface area contributed by atoms with E-state index in [1.54, 1.807) is 6.07 Å². The Labute approximate surface area is 113 Å². The van der Waals surface area contributed by atoms with E-state index in [1.165, 1.54) is 12.1 Å². The highest BCUT2D eigenvalue weighted by Gasteiger charge is 2.39. The summed E-state index contributed by atoms with van der Waals surface area (Å²) in [6.45, 7) is 2.33. The Morgan fingerprint density at radius 2 is 2.37 bits per heavy atom. The van der Waals surface area contributed by atoms with Gasteiger partial charge in [-0.2, -0.15) is 5.26 Å². The predicted molar refractivity (Wildman–Crippen MR) is 71.1 cm³/mol. The predicted octanol–water partition coefficient (Wildman–Crippen LogP) is 2.92. The number of hydrogen-bond acceptors (Lipinski definition) is 3. The zero-order valence-electron chi connectivity index (χ0n) is 11.2. The van der Waals surface area contributed by atoms with E-state index in [-0.39, 0.29) is 11.7 Å². The fourth-order valence-corrected chi connectivity index (χ4v) is 2.74. The summed E-state index contributed by atoms with van der Waals surface area (Å²) in [7, 11) is 0. The molecule has 0 spiro atoms. The fourth-order valence-electron chi connectivity index (χ4n) is 2.74. The lowest BCUT2D eigenvalue weighted by Crippen LogP contribution is -2.42. The van der Waals surface area contributed by atoms with Crippen molar-refractivity contribution < 1.29 is 9.13 Å². The second kappa shape index (κ2) is 5.58. The summed E-state index contributed by atoms with van der Waals surface area (Å²) < 4.78 is 18.6. The number of nitrogens with zero attached hydrogens (tertiary/aromatic N) is 1. The van der Waals surface area contributed by atoms with Gasteiger partial charge in [-0.1, -0.05) is 6.42 Å². The molecule has 2 rings (SSSR count). The Hall–Kier alpha value is -1.60. The zero-order chi connectivity index (χ0) is 13.9. The van der Waals surface area contributed by atoms with E-state index in [9.17, 15) is 4.39 Å². The van der Waals surface area contributed by atoms with Crippen LogP contribution in [0.4, 0.5) is 4.39 Å². The van der Waals surface area contributed by atoms with Crippen LogP contribution in [-0.2, 0) is 0 Å². The highest BCUT2D eigenvalue weighted by molar-refractivity contribution is 5.32. The molecule has 0 bridgehead atoms. The Morgan fingerprint density at radius 1 is 1.58 bits per heavy atom. The molecule has 0 radical (unpaired) electrons. The summed E-state index contributed by atoms with van der Waals surface area (Å²) >= 11 is 0. The molecule has 2 atom stereocenters. The van der Waals surface area contributed by atoms with Crippen molar-refractivity contribution in [3.05, 3.63) is 29.6 Å². The molecule has 0 aromatic heterocycles. The molecule has 2 N–H and O–H groups in total. The molecular formula is C15H19FN2O. The van der Waals surface area contributed by atoms with Crippen molar-refractivity contribution in [2.45, 2.75) is 38.1 Å². The number of hydrogen-bond donors (Lipinski definition) is 1. The number of nitrogens with two attached hydrogens (primary N) is 1.